The van der Waals surface area contributed by atoms with Crippen LogP contribution in [0.2, 0.25) is 0 Å². The Bertz CT molecular complexity index is 305. The highest BCUT2D eigenvalue weighted by atomic mass is 32.1. The van der Waals surface area contributed by atoms with Gasteiger partial charge in [-0.3, -0.25) is 0 Å². The van der Waals surface area contributed by atoms with Crippen molar-refractivity contribution in [3.8, 4) is 5.19 Å². The van der Waals surface area contributed by atoms with Gasteiger partial charge in [0.1, 0.15) is 0 Å². The molecule has 0 aliphatic heterocycles. The fraction of sp³-hybridized carbons (Fsp3) is 0.143. The van der Waals surface area contributed by atoms with Crippen LogP contribution < -0.4 is 4.74 Å². The lowest BCUT2D eigenvalue weighted by Crippen LogP contribution is -1.84. The van der Waals surface area contributed by atoms with Crippen LogP contribution in [0.5, 0.6) is 5.19 Å². The third kappa shape index (κ3) is 2.35. The number of carbonyl (C=O) groups is 1. The number of carboxylic acids is 1. The summed E-state index contributed by atoms with van der Waals surface area (Å²) < 4.78 is 4.83. The van der Waals surface area contributed by atoms with Gasteiger partial charge in [-0.15, -0.1) is 0 Å². The van der Waals surface area contributed by atoms with Gasteiger partial charge < -0.3 is 9.84 Å². The number of hydrogen-bond donors (Lipinski definition) is 1. The molecule has 0 saturated carbocycles. The molecule has 0 bridgehead atoms. The van der Waals surface area contributed by atoms with Crippen molar-refractivity contribution in [2.75, 3.05) is 7.11 Å². The monoisotopic (exact) mass is 185 g/mol. The van der Waals surface area contributed by atoms with Gasteiger partial charge >= 0.3 is 5.97 Å². The van der Waals surface area contributed by atoms with Crippen molar-refractivity contribution in [2.24, 2.45) is 0 Å². The maximum atomic E-state index is 10.1. The second-order valence-corrected chi connectivity index (χ2v) is 2.93. The van der Waals surface area contributed by atoms with Crippen molar-refractivity contribution >= 4 is 23.4 Å². The van der Waals surface area contributed by atoms with E-state index >= 15 is 0 Å². The Kier molecular flexibility index (Phi) is 2.82. The average molecular weight is 185 g/mol. The van der Waals surface area contributed by atoms with Gasteiger partial charge in [0, 0.05) is 12.3 Å². The van der Waals surface area contributed by atoms with Crippen LogP contribution in [0.1, 0.15) is 4.88 Å². The molecule has 1 rings (SSSR count). The fourth-order valence-electron chi connectivity index (χ4n) is 0.595. The highest BCUT2D eigenvalue weighted by Crippen LogP contribution is 2.20. The predicted molar refractivity (Wildman–Crippen MR) is 45.3 cm³/mol. The predicted octanol–water partition coefficient (Wildman–Crippen LogP) is 1.25. The van der Waals surface area contributed by atoms with Gasteiger partial charge in [-0.2, -0.15) is 0 Å². The standard InChI is InChI=1S/C7H7NO3S/c1-11-7-8-4-5(12-7)2-3-6(9)10/h2-4H,1H3,(H,9,10). The van der Waals surface area contributed by atoms with E-state index in [4.69, 9.17) is 9.84 Å². The van der Waals surface area contributed by atoms with Crippen LogP contribution >= 0.6 is 11.3 Å². The Morgan fingerprint density at radius 2 is 2.58 bits per heavy atom. The number of hydrogen-bond acceptors (Lipinski definition) is 4. The maximum absolute atomic E-state index is 10.1. The number of nitrogens with zero attached hydrogens (tertiary/aromatic N) is 1. The molecular formula is C7H7NO3S. The van der Waals surface area contributed by atoms with E-state index in [1.165, 1.54) is 24.5 Å². The molecule has 1 aromatic rings. The zero-order valence-corrected chi connectivity index (χ0v) is 7.17. The minimum Gasteiger partial charge on any atom is -0.478 e. The summed E-state index contributed by atoms with van der Waals surface area (Å²) in [4.78, 5) is 14.7. The third-order valence-electron chi connectivity index (χ3n) is 1.07. The average Bonchev–Trinajstić information content (AvgIpc) is 2.48. The number of aliphatic carboxylic acids is 1. The number of ether oxygens (including phenoxy) is 1. The number of carboxylic acid groups (broad SMARTS) is 1. The first-order valence-electron chi connectivity index (χ1n) is 3.13. The normalized spacial score (nSPS) is 10.4. The molecule has 12 heavy (non-hydrogen) atoms. The van der Waals surface area contributed by atoms with Crippen molar-refractivity contribution in [3.63, 3.8) is 0 Å². The van der Waals surface area contributed by atoms with Gasteiger partial charge in [0.2, 0.25) is 0 Å². The second-order valence-electron chi connectivity index (χ2n) is 1.90. The first-order valence-corrected chi connectivity index (χ1v) is 3.95. The topological polar surface area (TPSA) is 59.4 Å². The van der Waals surface area contributed by atoms with Crippen LogP contribution in [0.25, 0.3) is 6.08 Å². The summed E-state index contributed by atoms with van der Waals surface area (Å²) in [6.07, 6.45) is 4.10. The smallest absolute Gasteiger partial charge is 0.328 e. The summed E-state index contributed by atoms with van der Waals surface area (Å²) in [7, 11) is 1.52. The fourth-order valence-corrected chi connectivity index (χ4v) is 1.23. The molecule has 0 aliphatic rings. The molecule has 0 unspecified atom stereocenters. The summed E-state index contributed by atoms with van der Waals surface area (Å²) in [5.41, 5.74) is 0. The highest BCUT2D eigenvalue weighted by molar-refractivity contribution is 7.14. The lowest BCUT2D eigenvalue weighted by Gasteiger charge is -1.85. The van der Waals surface area contributed by atoms with Crippen LogP contribution in [0.15, 0.2) is 12.3 Å². The maximum Gasteiger partial charge on any atom is 0.328 e. The van der Waals surface area contributed by atoms with Crippen molar-refractivity contribution in [1.82, 2.24) is 4.98 Å². The summed E-state index contributed by atoms with van der Waals surface area (Å²) in [5, 5.41) is 8.83. The molecule has 1 N–H and O–H groups in total. The van der Waals surface area contributed by atoms with Gasteiger partial charge in [-0.05, 0) is 6.08 Å². The summed E-state index contributed by atoms with van der Waals surface area (Å²) in [6, 6.07) is 0. The molecule has 0 radical (unpaired) electrons. The van der Waals surface area contributed by atoms with Gasteiger partial charge in [0.25, 0.3) is 5.19 Å². The highest BCUT2D eigenvalue weighted by Gasteiger charge is 1.97. The van der Waals surface area contributed by atoms with Gasteiger partial charge in [-0.25, -0.2) is 9.78 Å². The van der Waals surface area contributed by atoms with E-state index < -0.39 is 5.97 Å². The molecule has 0 saturated heterocycles. The van der Waals surface area contributed by atoms with E-state index in [0.29, 0.717) is 5.19 Å². The van der Waals surface area contributed by atoms with Crippen molar-refractivity contribution in [3.05, 3.63) is 17.2 Å². The van der Waals surface area contributed by atoms with Crippen molar-refractivity contribution < 1.29 is 14.6 Å². The molecule has 5 heteroatoms. The molecule has 0 aromatic carbocycles. The van der Waals surface area contributed by atoms with Crippen LogP contribution in [-0.4, -0.2) is 23.2 Å². The van der Waals surface area contributed by atoms with E-state index in [1.54, 1.807) is 6.20 Å². The van der Waals surface area contributed by atoms with Crippen molar-refractivity contribution in [2.45, 2.75) is 0 Å². The minimum absolute atomic E-state index is 0.528. The van der Waals surface area contributed by atoms with E-state index in [0.717, 1.165) is 11.0 Å². The SMILES string of the molecule is COc1ncc(C=CC(=O)O)s1. The molecule has 1 heterocycles. The Morgan fingerprint density at radius 1 is 1.83 bits per heavy atom. The minimum atomic E-state index is -0.970. The molecule has 4 nitrogen and oxygen atoms in total. The van der Waals surface area contributed by atoms with E-state index in [1.807, 2.05) is 0 Å². The number of methoxy groups -OCH3 is 1. The van der Waals surface area contributed by atoms with E-state index in [9.17, 15) is 4.79 Å². The Labute approximate surface area is 73.1 Å². The first-order chi connectivity index (χ1) is 5.72. The van der Waals surface area contributed by atoms with Crippen LogP contribution in [0, 0.1) is 0 Å². The van der Waals surface area contributed by atoms with Gasteiger partial charge in [0.15, 0.2) is 0 Å². The van der Waals surface area contributed by atoms with Crippen LogP contribution in [-0.2, 0) is 4.79 Å². The molecule has 0 spiro atoms. The van der Waals surface area contributed by atoms with Crippen LogP contribution in [0.3, 0.4) is 0 Å². The van der Waals surface area contributed by atoms with Gasteiger partial charge in [0.05, 0.1) is 12.0 Å². The summed E-state index contributed by atoms with van der Waals surface area (Å²) in [5.74, 6) is -0.970. The Balaban J connectivity index is 2.70. The largest absolute Gasteiger partial charge is 0.478 e. The molecule has 64 valence electrons. The second kappa shape index (κ2) is 3.87. The first kappa shape index (κ1) is 8.73. The number of thiazole rings is 1. The number of aromatic nitrogens is 1. The lowest BCUT2D eigenvalue weighted by atomic mass is 10.4. The van der Waals surface area contributed by atoms with Crippen LogP contribution in [0.4, 0.5) is 0 Å². The molecule has 0 atom stereocenters. The molecular weight excluding hydrogens is 178 g/mol. The zero-order valence-electron chi connectivity index (χ0n) is 6.35. The zero-order chi connectivity index (χ0) is 8.97. The Hall–Kier alpha value is -1.36. The summed E-state index contributed by atoms with van der Waals surface area (Å²) in [6.45, 7) is 0. The van der Waals surface area contributed by atoms with E-state index in [-0.39, 0.29) is 0 Å². The van der Waals surface area contributed by atoms with Gasteiger partial charge in [-0.1, -0.05) is 11.3 Å². The molecule has 0 fully saturated rings. The number of rotatable bonds is 3. The molecule has 0 aliphatic carbocycles. The third-order valence-corrected chi connectivity index (χ3v) is 1.99. The van der Waals surface area contributed by atoms with Crippen molar-refractivity contribution in [1.29, 1.82) is 0 Å². The Morgan fingerprint density at radius 3 is 3.08 bits per heavy atom. The lowest BCUT2D eigenvalue weighted by molar-refractivity contribution is -0.131. The quantitative estimate of drug-likeness (QED) is 0.720. The molecule has 1 aromatic heterocycles. The summed E-state index contributed by atoms with van der Waals surface area (Å²) >= 11 is 1.29. The molecule has 0 amide bonds. The van der Waals surface area contributed by atoms with E-state index in [2.05, 4.69) is 4.98 Å².